The SMILES string of the molecule is COC1CC(NC(=O)[C@@H]2CC=CC[C@@H]2C(=O)O)C1(C)C. The molecule has 0 saturated heterocycles. The fraction of sp³-hybridized carbons (Fsp3) is 0.733. The van der Waals surface area contributed by atoms with Crippen LogP contribution in [0.3, 0.4) is 0 Å². The molecule has 0 aromatic heterocycles. The highest BCUT2D eigenvalue weighted by Crippen LogP contribution is 2.42. The Balaban J connectivity index is 1.98. The van der Waals surface area contributed by atoms with Gasteiger partial charge in [-0.3, -0.25) is 9.59 Å². The third-order valence-corrected chi connectivity index (χ3v) is 4.87. The average Bonchev–Trinajstić information content (AvgIpc) is 2.42. The van der Waals surface area contributed by atoms with Crippen molar-refractivity contribution in [1.29, 1.82) is 0 Å². The molecule has 0 bridgehead atoms. The van der Waals surface area contributed by atoms with Crippen molar-refractivity contribution >= 4 is 11.9 Å². The molecular weight excluding hydrogens is 258 g/mol. The zero-order valence-electron chi connectivity index (χ0n) is 12.3. The Hall–Kier alpha value is -1.36. The number of amides is 1. The van der Waals surface area contributed by atoms with Gasteiger partial charge in [0.25, 0.3) is 0 Å². The first-order valence-electron chi connectivity index (χ1n) is 7.09. The minimum absolute atomic E-state index is 0.0558. The van der Waals surface area contributed by atoms with Gasteiger partial charge in [-0.15, -0.1) is 0 Å². The Morgan fingerprint density at radius 1 is 1.25 bits per heavy atom. The van der Waals surface area contributed by atoms with Crippen LogP contribution in [0.2, 0.25) is 0 Å². The van der Waals surface area contributed by atoms with E-state index >= 15 is 0 Å². The smallest absolute Gasteiger partial charge is 0.307 e. The minimum Gasteiger partial charge on any atom is -0.481 e. The number of rotatable bonds is 4. The van der Waals surface area contributed by atoms with Crippen molar-refractivity contribution in [3.8, 4) is 0 Å². The summed E-state index contributed by atoms with van der Waals surface area (Å²) in [5, 5.41) is 12.2. The molecule has 0 aromatic carbocycles. The van der Waals surface area contributed by atoms with Crippen LogP contribution in [-0.4, -0.2) is 36.2 Å². The molecule has 112 valence electrons. The molecule has 0 aromatic rings. The lowest BCUT2D eigenvalue weighted by Gasteiger charge is -2.51. The summed E-state index contributed by atoms with van der Waals surface area (Å²) in [5.74, 6) is -2.11. The fourth-order valence-corrected chi connectivity index (χ4v) is 3.19. The van der Waals surface area contributed by atoms with Crippen LogP contribution in [-0.2, 0) is 14.3 Å². The largest absolute Gasteiger partial charge is 0.481 e. The molecule has 1 saturated carbocycles. The molecule has 5 nitrogen and oxygen atoms in total. The molecule has 2 rings (SSSR count). The number of carbonyl (C=O) groups is 2. The highest BCUT2D eigenvalue weighted by molar-refractivity contribution is 5.85. The van der Waals surface area contributed by atoms with E-state index in [1.807, 2.05) is 12.2 Å². The maximum absolute atomic E-state index is 12.3. The number of carbonyl (C=O) groups excluding carboxylic acids is 1. The van der Waals surface area contributed by atoms with Crippen molar-refractivity contribution in [2.75, 3.05) is 7.11 Å². The van der Waals surface area contributed by atoms with Gasteiger partial charge in [-0.05, 0) is 19.3 Å². The summed E-state index contributed by atoms with van der Waals surface area (Å²) >= 11 is 0. The van der Waals surface area contributed by atoms with Crippen LogP contribution in [0.25, 0.3) is 0 Å². The normalized spacial score (nSPS) is 35.1. The van der Waals surface area contributed by atoms with E-state index in [-0.39, 0.29) is 23.5 Å². The van der Waals surface area contributed by atoms with Gasteiger partial charge in [0, 0.05) is 18.6 Å². The summed E-state index contributed by atoms with van der Waals surface area (Å²) in [7, 11) is 1.68. The molecule has 2 N–H and O–H groups in total. The number of ether oxygens (including phenoxy) is 1. The Labute approximate surface area is 119 Å². The maximum Gasteiger partial charge on any atom is 0.307 e. The number of carboxylic acid groups (broad SMARTS) is 1. The van der Waals surface area contributed by atoms with Crippen LogP contribution >= 0.6 is 0 Å². The van der Waals surface area contributed by atoms with Crippen LogP contribution in [0, 0.1) is 17.3 Å². The predicted octanol–water partition coefficient (Wildman–Crippen LogP) is 1.58. The first-order chi connectivity index (χ1) is 9.37. The monoisotopic (exact) mass is 281 g/mol. The number of aliphatic carboxylic acids is 1. The lowest BCUT2D eigenvalue weighted by molar-refractivity contribution is -0.149. The van der Waals surface area contributed by atoms with Crippen molar-refractivity contribution in [3.63, 3.8) is 0 Å². The predicted molar refractivity (Wildman–Crippen MR) is 74.1 cm³/mol. The third kappa shape index (κ3) is 2.59. The lowest BCUT2D eigenvalue weighted by atomic mass is 9.64. The summed E-state index contributed by atoms with van der Waals surface area (Å²) < 4.78 is 5.36. The van der Waals surface area contributed by atoms with E-state index in [9.17, 15) is 14.7 Å². The second-order valence-corrected chi connectivity index (χ2v) is 6.34. The summed E-state index contributed by atoms with van der Waals surface area (Å²) in [6, 6.07) is 0.0558. The molecule has 20 heavy (non-hydrogen) atoms. The summed E-state index contributed by atoms with van der Waals surface area (Å²) in [4.78, 5) is 23.6. The quantitative estimate of drug-likeness (QED) is 0.767. The van der Waals surface area contributed by atoms with E-state index in [4.69, 9.17) is 4.74 Å². The van der Waals surface area contributed by atoms with Gasteiger partial charge in [0.15, 0.2) is 0 Å². The molecule has 2 aliphatic carbocycles. The third-order valence-electron chi connectivity index (χ3n) is 4.87. The first-order valence-corrected chi connectivity index (χ1v) is 7.09. The number of nitrogens with one attached hydrogen (secondary N) is 1. The van der Waals surface area contributed by atoms with E-state index in [1.54, 1.807) is 7.11 Å². The second kappa shape index (κ2) is 5.56. The van der Waals surface area contributed by atoms with Crippen molar-refractivity contribution in [1.82, 2.24) is 5.32 Å². The maximum atomic E-state index is 12.3. The lowest BCUT2D eigenvalue weighted by Crippen LogP contribution is -2.62. The molecule has 2 unspecified atom stereocenters. The second-order valence-electron chi connectivity index (χ2n) is 6.34. The topological polar surface area (TPSA) is 75.6 Å². The standard InChI is InChI=1S/C15H23NO4/c1-15(2)11(8-12(15)20-3)16-13(17)9-6-4-5-7-10(9)14(18)19/h4-5,9-12H,6-8H2,1-3H3,(H,16,17)(H,18,19)/t9-,10+,11?,12?/m1/s1. The Kier molecular flexibility index (Phi) is 4.18. The van der Waals surface area contributed by atoms with Gasteiger partial charge in [-0.2, -0.15) is 0 Å². The van der Waals surface area contributed by atoms with Crippen molar-refractivity contribution < 1.29 is 19.4 Å². The van der Waals surface area contributed by atoms with Gasteiger partial charge in [0.05, 0.1) is 17.9 Å². The zero-order chi connectivity index (χ0) is 14.9. The molecule has 0 aliphatic heterocycles. The molecule has 1 fully saturated rings. The van der Waals surface area contributed by atoms with Crippen LogP contribution in [0.5, 0.6) is 0 Å². The number of hydrogen-bond donors (Lipinski definition) is 2. The Bertz CT molecular complexity index is 430. The van der Waals surface area contributed by atoms with Gasteiger partial charge >= 0.3 is 5.97 Å². The zero-order valence-corrected chi connectivity index (χ0v) is 12.3. The van der Waals surface area contributed by atoms with Gasteiger partial charge < -0.3 is 15.2 Å². The van der Waals surface area contributed by atoms with Crippen molar-refractivity contribution in [3.05, 3.63) is 12.2 Å². The molecule has 4 atom stereocenters. The number of carboxylic acids is 1. The first kappa shape index (κ1) is 15.0. The number of methoxy groups -OCH3 is 1. The molecule has 0 heterocycles. The molecule has 2 aliphatic rings. The fourth-order valence-electron chi connectivity index (χ4n) is 3.19. The molecule has 0 radical (unpaired) electrons. The van der Waals surface area contributed by atoms with Crippen LogP contribution < -0.4 is 5.32 Å². The van der Waals surface area contributed by atoms with E-state index in [1.165, 1.54) is 0 Å². The number of hydrogen-bond acceptors (Lipinski definition) is 3. The van der Waals surface area contributed by atoms with E-state index in [0.717, 1.165) is 6.42 Å². The summed E-state index contributed by atoms with van der Waals surface area (Å²) in [6.45, 7) is 4.12. The Morgan fingerprint density at radius 3 is 2.35 bits per heavy atom. The molecule has 5 heteroatoms. The van der Waals surface area contributed by atoms with Crippen LogP contribution in [0.4, 0.5) is 0 Å². The Morgan fingerprint density at radius 2 is 1.85 bits per heavy atom. The van der Waals surface area contributed by atoms with Crippen molar-refractivity contribution in [2.24, 2.45) is 17.3 Å². The van der Waals surface area contributed by atoms with Crippen LogP contribution in [0.15, 0.2) is 12.2 Å². The van der Waals surface area contributed by atoms with Gasteiger partial charge in [-0.1, -0.05) is 26.0 Å². The molecule has 0 spiro atoms. The molecule has 1 amide bonds. The van der Waals surface area contributed by atoms with Gasteiger partial charge in [0.1, 0.15) is 0 Å². The van der Waals surface area contributed by atoms with Crippen molar-refractivity contribution in [2.45, 2.75) is 45.3 Å². The highest BCUT2D eigenvalue weighted by atomic mass is 16.5. The van der Waals surface area contributed by atoms with Crippen LogP contribution in [0.1, 0.15) is 33.1 Å². The molecular formula is C15H23NO4. The van der Waals surface area contributed by atoms with Gasteiger partial charge in [-0.25, -0.2) is 0 Å². The minimum atomic E-state index is -0.892. The highest BCUT2D eigenvalue weighted by Gasteiger charge is 2.50. The van der Waals surface area contributed by atoms with E-state index in [0.29, 0.717) is 12.8 Å². The summed E-state index contributed by atoms with van der Waals surface area (Å²) in [6.07, 6.45) is 5.61. The average molecular weight is 281 g/mol. The number of allylic oxidation sites excluding steroid dienone is 2. The van der Waals surface area contributed by atoms with E-state index in [2.05, 4.69) is 19.2 Å². The summed E-state index contributed by atoms with van der Waals surface area (Å²) in [5.41, 5.74) is -0.104. The van der Waals surface area contributed by atoms with Gasteiger partial charge in [0.2, 0.25) is 5.91 Å². The van der Waals surface area contributed by atoms with E-state index < -0.39 is 17.8 Å².